The van der Waals surface area contributed by atoms with Crippen LogP contribution in [0, 0.1) is 0 Å². The second-order valence-electron chi connectivity index (χ2n) is 4.80. The molecule has 1 aliphatic rings. The Morgan fingerprint density at radius 1 is 1.23 bits per heavy atom. The van der Waals surface area contributed by atoms with Crippen molar-refractivity contribution in [1.82, 2.24) is 0 Å². The van der Waals surface area contributed by atoms with Crippen LogP contribution < -0.4 is 10.1 Å². The normalized spacial score (nSPS) is 14.5. The number of Topliss-reactive ketones (excluding diaryl/α,β-unsaturated/α-hetero) is 1. The fraction of sp³-hybridized carbons (Fsp3) is 0.125. The van der Waals surface area contributed by atoms with Crippen LogP contribution >= 0.6 is 31.9 Å². The molecule has 6 heteroatoms. The number of anilines is 1. The van der Waals surface area contributed by atoms with Crippen molar-refractivity contribution < 1.29 is 14.3 Å². The van der Waals surface area contributed by atoms with E-state index in [-0.39, 0.29) is 18.3 Å². The number of rotatable bonds is 3. The van der Waals surface area contributed by atoms with Gasteiger partial charge in [0, 0.05) is 10.0 Å². The van der Waals surface area contributed by atoms with Crippen LogP contribution in [0.15, 0.2) is 46.9 Å². The SMILES string of the molecule is O=C1COc2ccc(C(=O)C(Br)c3ccccc3Br)cc2N1. The van der Waals surface area contributed by atoms with Gasteiger partial charge in [-0.3, -0.25) is 9.59 Å². The number of ether oxygens (including phenoxy) is 1. The Balaban J connectivity index is 1.91. The molecule has 0 saturated heterocycles. The summed E-state index contributed by atoms with van der Waals surface area (Å²) in [7, 11) is 0. The Morgan fingerprint density at radius 2 is 2.00 bits per heavy atom. The summed E-state index contributed by atoms with van der Waals surface area (Å²) in [6.45, 7) is -0.00166. The maximum Gasteiger partial charge on any atom is 0.262 e. The van der Waals surface area contributed by atoms with Crippen molar-refractivity contribution in [2.45, 2.75) is 4.83 Å². The maximum atomic E-state index is 12.6. The number of hydrogen-bond donors (Lipinski definition) is 1. The van der Waals surface area contributed by atoms with Gasteiger partial charge in [-0.15, -0.1) is 0 Å². The lowest BCUT2D eigenvalue weighted by Gasteiger charge is -2.19. The van der Waals surface area contributed by atoms with Crippen LogP contribution in [0.2, 0.25) is 0 Å². The summed E-state index contributed by atoms with van der Waals surface area (Å²) in [6.07, 6.45) is 0. The number of fused-ring (bicyclic) bond motifs is 1. The van der Waals surface area contributed by atoms with Crippen molar-refractivity contribution in [1.29, 1.82) is 0 Å². The monoisotopic (exact) mass is 423 g/mol. The van der Waals surface area contributed by atoms with E-state index in [1.807, 2.05) is 24.3 Å². The van der Waals surface area contributed by atoms with Crippen LogP contribution in [0.1, 0.15) is 20.7 Å². The number of halogens is 2. The van der Waals surface area contributed by atoms with Gasteiger partial charge in [0.05, 0.1) is 5.69 Å². The van der Waals surface area contributed by atoms with Gasteiger partial charge in [0.2, 0.25) is 0 Å². The lowest BCUT2D eigenvalue weighted by atomic mass is 10.0. The van der Waals surface area contributed by atoms with E-state index in [1.165, 1.54) is 0 Å². The zero-order valence-electron chi connectivity index (χ0n) is 11.3. The van der Waals surface area contributed by atoms with Gasteiger partial charge in [-0.1, -0.05) is 50.1 Å². The van der Waals surface area contributed by atoms with Crippen molar-refractivity contribution in [2.24, 2.45) is 0 Å². The standard InChI is InChI=1S/C16H11Br2NO3/c17-11-4-2-1-3-10(11)15(18)16(21)9-5-6-13-12(7-9)19-14(20)8-22-13/h1-7,15H,8H2,(H,19,20). The second kappa shape index (κ2) is 6.22. The number of ketones is 1. The number of alkyl halides is 1. The van der Waals surface area contributed by atoms with E-state index in [0.29, 0.717) is 17.0 Å². The Morgan fingerprint density at radius 3 is 2.77 bits per heavy atom. The first-order valence-electron chi connectivity index (χ1n) is 6.55. The Bertz CT molecular complexity index is 761. The summed E-state index contributed by atoms with van der Waals surface area (Å²) in [4.78, 5) is 23.5. The van der Waals surface area contributed by atoms with Gasteiger partial charge < -0.3 is 10.1 Å². The van der Waals surface area contributed by atoms with Crippen LogP contribution in [-0.2, 0) is 4.79 Å². The van der Waals surface area contributed by atoms with Crippen LogP contribution in [0.4, 0.5) is 5.69 Å². The zero-order valence-corrected chi connectivity index (χ0v) is 14.5. The molecular weight excluding hydrogens is 414 g/mol. The predicted molar refractivity (Wildman–Crippen MR) is 90.7 cm³/mol. The molecule has 1 amide bonds. The van der Waals surface area contributed by atoms with Crippen LogP contribution in [0.3, 0.4) is 0 Å². The van der Waals surface area contributed by atoms with Gasteiger partial charge in [0.25, 0.3) is 5.91 Å². The Hall–Kier alpha value is -1.66. The fourth-order valence-electron chi connectivity index (χ4n) is 2.20. The molecule has 112 valence electrons. The van der Waals surface area contributed by atoms with E-state index < -0.39 is 4.83 Å². The topological polar surface area (TPSA) is 55.4 Å². The molecule has 0 fully saturated rings. The Labute approximate surface area is 144 Å². The highest BCUT2D eigenvalue weighted by atomic mass is 79.9. The van der Waals surface area contributed by atoms with E-state index in [0.717, 1.165) is 10.0 Å². The summed E-state index contributed by atoms with van der Waals surface area (Å²) in [5, 5.41) is 2.70. The first-order valence-corrected chi connectivity index (χ1v) is 8.26. The number of carbonyl (C=O) groups is 2. The van der Waals surface area contributed by atoms with Gasteiger partial charge >= 0.3 is 0 Å². The minimum absolute atomic E-state index is 0.00166. The molecule has 0 saturated carbocycles. The molecule has 1 atom stereocenters. The molecule has 2 aromatic rings. The number of benzene rings is 2. The molecule has 3 rings (SSSR count). The molecule has 1 unspecified atom stereocenters. The van der Waals surface area contributed by atoms with E-state index in [9.17, 15) is 9.59 Å². The highest BCUT2D eigenvalue weighted by Gasteiger charge is 2.23. The molecule has 0 radical (unpaired) electrons. The molecule has 0 aromatic heterocycles. The fourth-order valence-corrected chi connectivity index (χ4v) is 3.69. The van der Waals surface area contributed by atoms with E-state index in [4.69, 9.17) is 4.74 Å². The van der Waals surface area contributed by atoms with Crippen molar-refractivity contribution in [2.75, 3.05) is 11.9 Å². The largest absolute Gasteiger partial charge is 0.482 e. The van der Waals surface area contributed by atoms with Gasteiger partial charge in [-0.2, -0.15) is 0 Å². The molecule has 1 aliphatic heterocycles. The van der Waals surface area contributed by atoms with E-state index >= 15 is 0 Å². The van der Waals surface area contributed by atoms with Crippen LogP contribution in [0.25, 0.3) is 0 Å². The van der Waals surface area contributed by atoms with Crippen LogP contribution in [0.5, 0.6) is 5.75 Å². The summed E-state index contributed by atoms with van der Waals surface area (Å²) in [6, 6.07) is 12.6. The van der Waals surface area contributed by atoms with Crippen molar-refractivity contribution >= 4 is 49.2 Å². The summed E-state index contributed by atoms with van der Waals surface area (Å²) in [5.74, 6) is 0.260. The minimum atomic E-state index is -0.471. The predicted octanol–water partition coefficient (Wildman–Crippen LogP) is 4.10. The van der Waals surface area contributed by atoms with Gasteiger partial charge in [0.1, 0.15) is 10.6 Å². The summed E-state index contributed by atoms with van der Waals surface area (Å²) in [5.41, 5.74) is 1.88. The van der Waals surface area contributed by atoms with Crippen LogP contribution in [-0.4, -0.2) is 18.3 Å². The third-order valence-corrected chi connectivity index (χ3v) is 4.94. The van der Waals surface area contributed by atoms with E-state index in [1.54, 1.807) is 18.2 Å². The first kappa shape index (κ1) is 15.2. The zero-order chi connectivity index (χ0) is 15.7. The lowest BCUT2D eigenvalue weighted by molar-refractivity contribution is -0.118. The molecule has 1 heterocycles. The lowest BCUT2D eigenvalue weighted by Crippen LogP contribution is -2.25. The quantitative estimate of drug-likeness (QED) is 0.596. The minimum Gasteiger partial charge on any atom is -0.482 e. The smallest absolute Gasteiger partial charge is 0.262 e. The van der Waals surface area contributed by atoms with Crippen molar-refractivity contribution in [3.8, 4) is 5.75 Å². The number of amides is 1. The molecule has 22 heavy (non-hydrogen) atoms. The average molecular weight is 425 g/mol. The van der Waals surface area contributed by atoms with Gasteiger partial charge in [-0.25, -0.2) is 0 Å². The molecule has 4 nitrogen and oxygen atoms in total. The maximum absolute atomic E-state index is 12.6. The second-order valence-corrected chi connectivity index (χ2v) is 6.57. The number of carbonyl (C=O) groups excluding carboxylic acids is 2. The molecule has 0 spiro atoms. The van der Waals surface area contributed by atoms with Gasteiger partial charge in [0.15, 0.2) is 12.4 Å². The highest BCUT2D eigenvalue weighted by Crippen LogP contribution is 2.35. The Kier molecular flexibility index (Phi) is 4.31. The number of nitrogens with one attached hydrogen (secondary N) is 1. The highest BCUT2D eigenvalue weighted by molar-refractivity contribution is 9.11. The molecular formula is C16H11Br2NO3. The third kappa shape index (κ3) is 2.94. The first-order chi connectivity index (χ1) is 10.6. The molecule has 2 aromatic carbocycles. The summed E-state index contributed by atoms with van der Waals surface area (Å²) >= 11 is 6.90. The van der Waals surface area contributed by atoms with Gasteiger partial charge in [-0.05, 0) is 29.8 Å². The van der Waals surface area contributed by atoms with Crippen molar-refractivity contribution in [3.05, 3.63) is 58.1 Å². The molecule has 1 N–H and O–H groups in total. The summed E-state index contributed by atoms with van der Waals surface area (Å²) < 4.78 is 6.15. The average Bonchev–Trinajstić information content (AvgIpc) is 2.53. The van der Waals surface area contributed by atoms with Crippen molar-refractivity contribution in [3.63, 3.8) is 0 Å². The molecule has 0 bridgehead atoms. The van der Waals surface area contributed by atoms with E-state index in [2.05, 4.69) is 37.2 Å². The molecule has 0 aliphatic carbocycles. The number of hydrogen-bond acceptors (Lipinski definition) is 3. The third-order valence-electron chi connectivity index (χ3n) is 3.31.